The lowest BCUT2D eigenvalue weighted by atomic mass is 10.00. The molecule has 27 heavy (non-hydrogen) atoms. The first-order chi connectivity index (χ1) is 12.7. The molecule has 0 aliphatic rings. The third kappa shape index (κ3) is 5.57. The number of nitriles is 1. The summed E-state index contributed by atoms with van der Waals surface area (Å²) in [4.78, 5) is 23.8. The third-order valence-corrected chi connectivity index (χ3v) is 3.89. The van der Waals surface area contributed by atoms with Crippen LogP contribution < -0.4 is 11.1 Å². The van der Waals surface area contributed by atoms with Crippen LogP contribution in [0.25, 0.3) is 0 Å². The molecule has 0 aromatic heterocycles. The average molecular weight is 375 g/mol. The highest BCUT2D eigenvalue weighted by molar-refractivity contribution is 5.87. The second-order valence-electron chi connectivity index (χ2n) is 5.87. The fourth-order valence-electron chi connectivity index (χ4n) is 2.49. The maximum absolute atomic E-state index is 12.6. The number of nitrogens with two attached hydrogens (primary N) is 1. The van der Waals surface area contributed by atoms with Crippen LogP contribution >= 0.6 is 0 Å². The number of halogens is 3. The molecule has 0 aliphatic heterocycles. The molecule has 0 saturated heterocycles. The van der Waals surface area contributed by atoms with Gasteiger partial charge < -0.3 is 11.1 Å². The van der Waals surface area contributed by atoms with Crippen molar-refractivity contribution >= 4 is 11.8 Å². The van der Waals surface area contributed by atoms with E-state index in [9.17, 15) is 22.8 Å². The lowest BCUT2D eigenvalue weighted by Gasteiger charge is -2.16. The largest absolute Gasteiger partial charge is 0.416 e. The number of nitrogens with one attached hydrogen (secondary N) is 1. The summed E-state index contributed by atoms with van der Waals surface area (Å²) in [6.07, 6.45) is -4.62. The van der Waals surface area contributed by atoms with Gasteiger partial charge in [-0.3, -0.25) is 9.59 Å². The molecule has 0 fully saturated rings. The van der Waals surface area contributed by atoms with Gasteiger partial charge in [0.05, 0.1) is 23.6 Å². The Kier molecular flexibility index (Phi) is 6.19. The maximum atomic E-state index is 12.6. The number of primary amides is 1. The van der Waals surface area contributed by atoms with E-state index in [1.54, 1.807) is 24.3 Å². The van der Waals surface area contributed by atoms with Crippen LogP contribution in [0.4, 0.5) is 13.2 Å². The van der Waals surface area contributed by atoms with Crippen molar-refractivity contribution in [1.29, 1.82) is 5.26 Å². The van der Waals surface area contributed by atoms with Crippen molar-refractivity contribution in [3.8, 4) is 6.07 Å². The number of rotatable bonds is 6. The number of carbonyl (C=O) groups is 2. The fourth-order valence-corrected chi connectivity index (χ4v) is 2.49. The van der Waals surface area contributed by atoms with E-state index in [0.29, 0.717) is 16.7 Å². The van der Waals surface area contributed by atoms with Crippen LogP contribution in [0.2, 0.25) is 0 Å². The van der Waals surface area contributed by atoms with Crippen molar-refractivity contribution in [2.75, 3.05) is 0 Å². The molecule has 2 amide bonds. The number of amides is 2. The smallest absolute Gasteiger partial charge is 0.368 e. The minimum absolute atomic E-state index is 0.0395. The molecule has 0 radical (unpaired) electrons. The predicted octanol–water partition coefficient (Wildman–Crippen LogP) is 2.33. The van der Waals surface area contributed by atoms with E-state index in [0.717, 1.165) is 12.1 Å². The first-order valence-corrected chi connectivity index (χ1v) is 7.93. The minimum Gasteiger partial charge on any atom is -0.368 e. The predicted molar refractivity (Wildman–Crippen MR) is 91.1 cm³/mol. The zero-order valence-corrected chi connectivity index (χ0v) is 14.1. The number of hydrogen-bond donors (Lipinski definition) is 2. The summed E-state index contributed by atoms with van der Waals surface area (Å²) < 4.78 is 37.7. The molecule has 0 saturated carbocycles. The molecule has 0 unspecified atom stereocenters. The molecule has 2 aromatic carbocycles. The summed E-state index contributed by atoms with van der Waals surface area (Å²) in [5, 5.41) is 11.6. The minimum atomic E-state index is -4.45. The van der Waals surface area contributed by atoms with Crippen molar-refractivity contribution < 1.29 is 22.8 Å². The standard InChI is InChI=1S/C19H16F3N3O2/c20-19(21,22)15-7-5-12(6-8-15)9-17(26)25-16(18(24)27)10-13-3-1-2-4-14(13)11-23/h1-8,16H,9-10H2,(H2,24,27)(H,25,26)/t16-/m0/s1. The van der Waals surface area contributed by atoms with Crippen LogP contribution in [-0.4, -0.2) is 17.9 Å². The summed E-state index contributed by atoms with van der Waals surface area (Å²) >= 11 is 0. The summed E-state index contributed by atoms with van der Waals surface area (Å²) in [6.45, 7) is 0. The highest BCUT2D eigenvalue weighted by atomic mass is 19.4. The molecule has 1 atom stereocenters. The van der Waals surface area contributed by atoms with E-state index in [-0.39, 0.29) is 12.8 Å². The lowest BCUT2D eigenvalue weighted by Crippen LogP contribution is -2.46. The molecule has 0 bridgehead atoms. The number of nitrogens with zero attached hydrogens (tertiary/aromatic N) is 1. The van der Waals surface area contributed by atoms with Gasteiger partial charge in [0.15, 0.2) is 0 Å². The van der Waals surface area contributed by atoms with Gasteiger partial charge in [-0.25, -0.2) is 0 Å². The molecule has 0 aliphatic carbocycles. The van der Waals surface area contributed by atoms with E-state index < -0.39 is 29.6 Å². The summed E-state index contributed by atoms with van der Waals surface area (Å²) in [5.41, 5.74) is 5.79. The molecule has 2 rings (SSSR count). The van der Waals surface area contributed by atoms with Gasteiger partial charge in [-0.05, 0) is 29.3 Å². The van der Waals surface area contributed by atoms with E-state index >= 15 is 0 Å². The summed E-state index contributed by atoms with van der Waals surface area (Å²) in [7, 11) is 0. The van der Waals surface area contributed by atoms with Gasteiger partial charge in [0.2, 0.25) is 11.8 Å². The molecule has 3 N–H and O–H groups in total. The van der Waals surface area contributed by atoms with Crippen LogP contribution in [0, 0.1) is 11.3 Å². The lowest BCUT2D eigenvalue weighted by molar-refractivity contribution is -0.137. The molecular formula is C19H16F3N3O2. The highest BCUT2D eigenvalue weighted by Crippen LogP contribution is 2.29. The zero-order chi connectivity index (χ0) is 20.0. The van der Waals surface area contributed by atoms with Gasteiger partial charge >= 0.3 is 6.18 Å². The van der Waals surface area contributed by atoms with E-state index in [1.165, 1.54) is 12.1 Å². The molecular weight excluding hydrogens is 359 g/mol. The number of benzene rings is 2. The first-order valence-electron chi connectivity index (χ1n) is 7.93. The second-order valence-corrected chi connectivity index (χ2v) is 5.87. The van der Waals surface area contributed by atoms with E-state index in [2.05, 4.69) is 5.32 Å². The average Bonchev–Trinajstić information content (AvgIpc) is 2.61. The van der Waals surface area contributed by atoms with Crippen LogP contribution in [0.3, 0.4) is 0 Å². The Balaban J connectivity index is 2.05. The number of alkyl halides is 3. The van der Waals surface area contributed by atoms with Crippen molar-refractivity contribution in [2.45, 2.75) is 25.1 Å². The zero-order valence-electron chi connectivity index (χ0n) is 14.1. The fraction of sp³-hybridized carbons (Fsp3) is 0.211. The third-order valence-electron chi connectivity index (χ3n) is 3.89. The van der Waals surface area contributed by atoms with Crippen LogP contribution in [0.15, 0.2) is 48.5 Å². The normalized spacial score (nSPS) is 12.1. The van der Waals surface area contributed by atoms with Gasteiger partial charge in [0, 0.05) is 6.42 Å². The molecule has 0 heterocycles. The Hall–Kier alpha value is -3.34. The summed E-state index contributed by atoms with van der Waals surface area (Å²) in [6, 6.07) is 11.7. The monoisotopic (exact) mass is 375 g/mol. The van der Waals surface area contributed by atoms with Gasteiger partial charge in [-0.1, -0.05) is 30.3 Å². The van der Waals surface area contributed by atoms with E-state index in [1.807, 2.05) is 6.07 Å². The van der Waals surface area contributed by atoms with Crippen molar-refractivity contribution in [1.82, 2.24) is 5.32 Å². The first kappa shape index (κ1) is 20.0. The van der Waals surface area contributed by atoms with Crippen LogP contribution in [0.5, 0.6) is 0 Å². The van der Waals surface area contributed by atoms with E-state index in [4.69, 9.17) is 11.0 Å². The molecule has 5 nitrogen and oxygen atoms in total. The number of hydrogen-bond acceptors (Lipinski definition) is 3. The molecule has 0 spiro atoms. The van der Waals surface area contributed by atoms with Crippen LogP contribution in [0.1, 0.15) is 22.3 Å². The Morgan fingerprint density at radius 2 is 1.74 bits per heavy atom. The van der Waals surface area contributed by atoms with Gasteiger partial charge in [-0.15, -0.1) is 0 Å². The second kappa shape index (κ2) is 8.36. The SMILES string of the molecule is N#Cc1ccccc1C[C@H](NC(=O)Cc1ccc(C(F)(F)F)cc1)C(N)=O. The highest BCUT2D eigenvalue weighted by Gasteiger charge is 2.30. The Morgan fingerprint density at radius 3 is 2.30 bits per heavy atom. The number of carbonyl (C=O) groups excluding carboxylic acids is 2. The Bertz CT molecular complexity index is 871. The van der Waals surface area contributed by atoms with Crippen LogP contribution in [-0.2, 0) is 28.6 Å². The molecule has 8 heteroatoms. The Labute approximate surface area is 153 Å². The Morgan fingerprint density at radius 1 is 1.11 bits per heavy atom. The van der Waals surface area contributed by atoms with Gasteiger partial charge in [0.25, 0.3) is 0 Å². The summed E-state index contributed by atoms with van der Waals surface area (Å²) in [5.74, 6) is -1.34. The van der Waals surface area contributed by atoms with Gasteiger partial charge in [0.1, 0.15) is 6.04 Å². The van der Waals surface area contributed by atoms with Crippen molar-refractivity contribution in [3.05, 3.63) is 70.8 Å². The molecule has 2 aromatic rings. The maximum Gasteiger partial charge on any atom is 0.416 e. The molecule has 140 valence electrons. The van der Waals surface area contributed by atoms with Gasteiger partial charge in [-0.2, -0.15) is 18.4 Å². The van der Waals surface area contributed by atoms with Crippen molar-refractivity contribution in [2.24, 2.45) is 5.73 Å². The quantitative estimate of drug-likeness (QED) is 0.811. The van der Waals surface area contributed by atoms with Crippen molar-refractivity contribution in [3.63, 3.8) is 0 Å². The topological polar surface area (TPSA) is 96.0 Å².